The fraction of sp³-hybridized carbons (Fsp3) is 0.769. The van der Waals surface area contributed by atoms with Crippen LogP contribution in [0.25, 0.3) is 0 Å². The van der Waals surface area contributed by atoms with Crippen LogP contribution in [0.15, 0.2) is 0 Å². The molecule has 8 heteroatoms. The van der Waals surface area contributed by atoms with Gasteiger partial charge in [0.05, 0.1) is 25.4 Å². The van der Waals surface area contributed by atoms with E-state index in [0.717, 1.165) is 38.8 Å². The molecule has 3 rings (SSSR count). The Bertz CT molecular complexity index is 480. The average Bonchev–Trinajstić information content (AvgIpc) is 2.50. The van der Waals surface area contributed by atoms with Crippen molar-refractivity contribution in [1.29, 1.82) is 0 Å². The zero-order valence-electron chi connectivity index (χ0n) is 12.0. The van der Waals surface area contributed by atoms with Gasteiger partial charge in [-0.05, 0) is 12.8 Å². The number of hydrogen-bond donors (Lipinski definition) is 3. The Morgan fingerprint density at radius 3 is 2.67 bits per heavy atom. The Kier molecular flexibility index (Phi) is 4.35. The predicted molar refractivity (Wildman–Crippen MR) is 79.2 cm³/mol. The summed E-state index contributed by atoms with van der Waals surface area (Å²) in [6.45, 7) is 2.81. The van der Waals surface area contributed by atoms with Gasteiger partial charge in [-0.25, -0.2) is 0 Å². The maximum absolute atomic E-state index is 10.0. The second-order valence-electron chi connectivity index (χ2n) is 5.52. The van der Waals surface area contributed by atoms with Gasteiger partial charge in [0, 0.05) is 13.1 Å². The molecule has 4 N–H and O–H groups in total. The van der Waals surface area contributed by atoms with E-state index in [0.29, 0.717) is 25.1 Å². The maximum atomic E-state index is 10.0. The molecule has 2 unspecified atom stereocenters. The molecule has 1 aliphatic heterocycles. The lowest BCUT2D eigenvalue weighted by Gasteiger charge is -2.29. The van der Waals surface area contributed by atoms with Crippen molar-refractivity contribution >= 4 is 17.8 Å². The lowest BCUT2D eigenvalue weighted by Crippen LogP contribution is -2.39. The van der Waals surface area contributed by atoms with Gasteiger partial charge in [0.1, 0.15) is 0 Å². The monoisotopic (exact) mass is 294 g/mol. The highest BCUT2D eigenvalue weighted by atomic mass is 16.5. The number of aliphatic hydroxyl groups is 1. The summed E-state index contributed by atoms with van der Waals surface area (Å²) < 4.78 is 5.32. The van der Waals surface area contributed by atoms with E-state index in [1.165, 1.54) is 0 Å². The van der Waals surface area contributed by atoms with E-state index < -0.39 is 0 Å². The second kappa shape index (κ2) is 6.40. The number of nitrogens with two attached hydrogens (primary N) is 1. The topological polar surface area (TPSA) is 109 Å². The molecular formula is C13H22N6O2. The van der Waals surface area contributed by atoms with Gasteiger partial charge in [0.2, 0.25) is 17.8 Å². The number of nitrogens with zero attached hydrogens (tertiary/aromatic N) is 4. The number of hydrogen-bond acceptors (Lipinski definition) is 8. The number of nitrogens with one attached hydrogen (secondary N) is 1. The number of ether oxygens (including phenoxy) is 1. The number of aromatic nitrogens is 3. The molecule has 1 aromatic rings. The quantitative estimate of drug-likeness (QED) is 0.715. The van der Waals surface area contributed by atoms with Gasteiger partial charge in [-0.1, -0.05) is 12.8 Å². The molecule has 0 spiro atoms. The van der Waals surface area contributed by atoms with Crippen LogP contribution in [0, 0.1) is 0 Å². The van der Waals surface area contributed by atoms with Crippen LogP contribution in [0.1, 0.15) is 25.7 Å². The van der Waals surface area contributed by atoms with Crippen molar-refractivity contribution < 1.29 is 9.84 Å². The third-order valence-corrected chi connectivity index (χ3v) is 3.98. The molecule has 116 valence electrons. The Morgan fingerprint density at radius 2 is 1.90 bits per heavy atom. The minimum atomic E-state index is -0.358. The van der Waals surface area contributed by atoms with Gasteiger partial charge >= 0.3 is 0 Å². The standard InChI is InChI=1S/C13H22N6O2/c14-11-16-12(15-9-3-1-2-4-10(9)20)18-13(17-11)19-5-7-21-8-6-19/h9-10,20H,1-8H2,(H3,14,15,16,17,18). The predicted octanol–water partition coefficient (Wildman–Crippen LogP) is 0.00580. The number of nitrogen functional groups attached to an aromatic ring is 1. The van der Waals surface area contributed by atoms with E-state index >= 15 is 0 Å². The molecule has 2 fully saturated rings. The molecule has 21 heavy (non-hydrogen) atoms. The van der Waals surface area contributed by atoms with E-state index in [1.54, 1.807) is 0 Å². The zero-order chi connectivity index (χ0) is 14.7. The molecule has 1 saturated carbocycles. The SMILES string of the molecule is Nc1nc(NC2CCCCC2O)nc(N2CCOCC2)n1. The molecule has 2 aliphatic rings. The van der Waals surface area contributed by atoms with Crippen molar-refractivity contribution in [3.05, 3.63) is 0 Å². The van der Waals surface area contributed by atoms with Gasteiger partial charge in [-0.2, -0.15) is 15.0 Å². The Labute approximate surface area is 123 Å². The van der Waals surface area contributed by atoms with Crippen LogP contribution in [-0.2, 0) is 4.74 Å². The minimum absolute atomic E-state index is 0.0157. The largest absolute Gasteiger partial charge is 0.391 e. The van der Waals surface area contributed by atoms with Crippen molar-refractivity contribution in [2.45, 2.75) is 37.8 Å². The summed E-state index contributed by atoms with van der Waals surface area (Å²) in [6.07, 6.45) is 3.54. The summed E-state index contributed by atoms with van der Waals surface area (Å²) >= 11 is 0. The molecule has 1 aromatic heterocycles. The third kappa shape index (κ3) is 3.51. The molecule has 2 heterocycles. The van der Waals surface area contributed by atoms with Crippen LogP contribution in [-0.4, -0.2) is 58.5 Å². The molecule has 0 radical (unpaired) electrons. The van der Waals surface area contributed by atoms with Crippen molar-refractivity contribution in [2.75, 3.05) is 42.3 Å². The van der Waals surface area contributed by atoms with Crippen LogP contribution in [0.5, 0.6) is 0 Å². The lowest BCUT2D eigenvalue weighted by molar-refractivity contribution is 0.116. The van der Waals surface area contributed by atoms with Crippen molar-refractivity contribution in [3.8, 4) is 0 Å². The smallest absolute Gasteiger partial charge is 0.232 e. The Morgan fingerprint density at radius 1 is 1.14 bits per heavy atom. The maximum Gasteiger partial charge on any atom is 0.232 e. The minimum Gasteiger partial charge on any atom is -0.391 e. The molecular weight excluding hydrogens is 272 g/mol. The fourth-order valence-electron chi connectivity index (χ4n) is 2.80. The second-order valence-corrected chi connectivity index (χ2v) is 5.52. The molecule has 1 saturated heterocycles. The van der Waals surface area contributed by atoms with Crippen LogP contribution in [0.4, 0.5) is 17.8 Å². The average molecular weight is 294 g/mol. The summed E-state index contributed by atoms with van der Waals surface area (Å²) in [4.78, 5) is 14.8. The summed E-state index contributed by atoms with van der Waals surface area (Å²) in [5, 5.41) is 13.2. The fourth-order valence-corrected chi connectivity index (χ4v) is 2.80. The van der Waals surface area contributed by atoms with Crippen LogP contribution in [0.2, 0.25) is 0 Å². The normalized spacial score (nSPS) is 26.6. The lowest BCUT2D eigenvalue weighted by atomic mass is 9.93. The van der Waals surface area contributed by atoms with E-state index in [4.69, 9.17) is 10.5 Å². The number of anilines is 3. The number of rotatable bonds is 3. The van der Waals surface area contributed by atoms with Gasteiger partial charge < -0.3 is 25.8 Å². The molecule has 0 amide bonds. The van der Waals surface area contributed by atoms with Crippen LogP contribution < -0.4 is 16.0 Å². The summed E-state index contributed by atoms with van der Waals surface area (Å²) in [5.74, 6) is 1.20. The van der Waals surface area contributed by atoms with Gasteiger partial charge in [0.15, 0.2) is 0 Å². The molecule has 0 aromatic carbocycles. The molecule has 2 atom stereocenters. The highest BCUT2D eigenvalue weighted by Gasteiger charge is 2.24. The van der Waals surface area contributed by atoms with Crippen molar-refractivity contribution in [1.82, 2.24) is 15.0 Å². The van der Waals surface area contributed by atoms with E-state index in [2.05, 4.69) is 20.3 Å². The summed E-state index contributed by atoms with van der Waals surface area (Å²) in [6, 6.07) is -0.0157. The Hall–Kier alpha value is -1.67. The highest BCUT2D eigenvalue weighted by Crippen LogP contribution is 2.22. The molecule has 8 nitrogen and oxygen atoms in total. The summed E-state index contributed by atoms with van der Waals surface area (Å²) in [7, 11) is 0. The first kappa shape index (κ1) is 14.3. The molecule has 1 aliphatic carbocycles. The van der Waals surface area contributed by atoms with Crippen LogP contribution in [0.3, 0.4) is 0 Å². The van der Waals surface area contributed by atoms with Crippen molar-refractivity contribution in [3.63, 3.8) is 0 Å². The first-order valence-electron chi connectivity index (χ1n) is 7.51. The van der Waals surface area contributed by atoms with E-state index in [9.17, 15) is 5.11 Å². The number of aliphatic hydroxyl groups excluding tert-OH is 1. The van der Waals surface area contributed by atoms with E-state index in [1.807, 2.05) is 4.90 Å². The first-order chi connectivity index (χ1) is 10.2. The third-order valence-electron chi connectivity index (χ3n) is 3.98. The Balaban J connectivity index is 1.73. The van der Waals surface area contributed by atoms with Crippen LogP contribution >= 0.6 is 0 Å². The highest BCUT2D eigenvalue weighted by molar-refractivity contribution is 5.42. The summed E-state index contributed by atoms with van der Waals surface area (Å²) in [5.41, 5.74) is 5.78. The number of morpholine rings is 1. The van der Waals surface area contributed by atoms with E-state index in [-0.39, 0.29) is 18.1 Å². The van der Waals surface area contributed by atoms with Gasteiger partial charge in [-0.3, -0.25) is 0 Å². The zero-order valence-corrected chi connectivity index (χ0v) is 12.0. The van der Waals surface area contributed by atoms with Gasteiger partial charge in [-0.15, -0.1) is 0 Å². The first-order valence-corrected chi connectivity index (χ1v) is 7.51. The van der Waals surface area contributed by atoms with Crippen molar-refractivity contribution in [2.24, 2.45) is 0 Å². The molecule has 0 bridgehead atoms. The van der Waals surface area contributed by atoms with Gasteiger partial charge in [0.25, 0.3) is 0 Å².